The van der Waals surface area contributed by atoms with Gasteiger partial charge in [0.2, 0.25) is 6.10 Å². The second-order valence-corrected chi connectivity index (χ2v) is 2.67. The van der Waals surface area contributed by atoms with Crippen molar-refractivity contribution < 1.29 is 14.6 Å². The SMILES string of the molecule is CCC=CCCC#CC(O)C(=O)OC. The van der Waals surface area contributed by atoms with Crippen molar-refractivity contribution in [2.24, 2.45) is 0 Å². The molecule has 14 heavy (non-hydrogen) atoms. The molecule has 78 valence electrons. The molecule has 0 saturated heterocycles. The number of esters is 1. The predicted octanol–water partition coefficient (Wildman–Crippen LogP) is 1.27. The van der Waals surface area contributed by atoms with E-state index >= 15 is 0 Å². The van der Waals surface area contributed by atoms with E-state index in [0.29, 0.717) is 6.42 Å². The molecule has 1 atom stereocenters. The second-order valence-electron chi connectivity index (χ2n) is 2.67. The van der Waals surface area contributed by atoms with Gasteiger partial charge in [0, 0.05) is 6.42 Å². The highest BCUT2D eigenvalue weighted by Gasteiger charge is 2.10. The first-order chi connectivity index (χ1) is 6.72. The summed E-state index contributed by atoms with van der Waals surface area (Å²) in [4.78, 5) is 10.7. The summed E-state index contributed by atoms with van der Waals surface area (Å²) in [6.45, 7) is 2.06. The van der Waals surface area contributed by atoms with E-state index in [4.69, 9.17) is 5.11 Å². The summed E-state index contributed by atoms with van der Waals surface area (Å²) in [5.41, 5.74) is 0. The number of unbranched alkanes of at least 4 members (excludes halogenated alkanes) is 1. The Balaban J connectivity index is 3.71. The Kier molecular flexibility index (Phi) is 7.58. The minimum atomic E-state index is -1.31. The van der Waals surface area contributed by atoms with Crippen LogP contribution in [0.3, 0.4) is 0 Å². The van der Waals surface area contributed by atoms with Crippen molar-refractivity contribution in [3.8, 4) is 11.8 Å². The van der Waals surface area contributed by atoms with Crippen LogP contribution in [0, 0.1) is 11.8 Å². The molecule has 3 heteroatoms. The van der Waals surface area contributed by atoms with Gasteiger partial charge in [0.1, 0.15) is 0 Å². The Bertz CT molecular complexity index is 245. The number of carbonyl (C=O) groups excluding carboxylic acids is 1. The number of hydrogen-bond donors (Lipinski definition) is 1. The fraction of sp³-hybridized carbons (Fsp3) is 0.545. The van der Waals surface area contributed by atoms with Gasteiger partial charge in [-0.2, -0.15) is 0 Å². The Labute approximate surface area is 84.8 Å². The van der Waals surface area contributed by atoms with E-state index < -0.39 is 12.1 Å². The van der Waals surface area contributed by atoms with Crippen LogP contribution in [-0.2, 0) is 9.53 Å². The van der Waals surface area contributed by atoms with Gasteiger partial charge in [-0.15, -0.1) is 0 Å². The van der Waals surface area contributed by atoms with E-state index in [9.17, 15) is 4.79 Å². The molecule has 0 aliphatic carbocycles. The topological polar surface area (TPSA) is 46.5 Å². The van der Waals surface area contributed by atoms with Crippen LogP contribution in [0.1, 0.15) is 26.2 Å². The third-order valence-corrected chi connectivity index (χ3v) is 1.50. The third-order valence-electron chi connectivity index (χ3n) is 1.50. The number of aliphatic hydroxyl groups excluding tert-OH is 1. The Morgan fingerprint density at radius 3 is 2.86 bits per heavy atom. The highest BCUT2D eigenvalue weighted by atomic mass is 16.5. The van der Waals surface area contributed by atoms with Gasteiger partial charge >= 0.3 is 5.97 Å². The van der Waals surface area contributed by atoms with Gasteiger partial charge < -0.3 is 9.84 Å². The number of methoxy groups -OCH3 is 1. The molecule has 1 unspecified atom stereocenters. The van der Waals surface area contributed by atoms with Gasteiger partial charge in [0.15, 0.2) is 0 Å². The van der Waals surface area contributed by atoms with Gasteiger partial charge in [0.05, 0.1) is 7.11 Å². The van der Waals surface area contributed by atoms with Gasteiger partial charge in [0.25, 0.3) is 0 Å². The van der Waals surface area contributed by atoms with Crippen molar-refractivity contribution in [1.82, 2.24) is 0 Å². The van der Waals surface area contributed by atoms with E-state index in [1.807, 2.05) is 6.08 Å². The maximum Gasteiger partial charge on any atom is 0.347 e. The standard InChI is InChI=1S/C11H16O3/c1-3-4-5-6-7-8-9-10(12)11(13)14-2/h4-5,10,12H,3,6-7H2,1-2H3. The monoisotopic (exact) mass is 196 g/mol. The molecule has 0 spiro atoms. The average molecular weight is 196 g/mol. The molecule has 0 saturated carbocycles. The molecule has 0 heterocycles. The van der Waals surface area contributed by atoms with Crippen molar-refractivity contribution >= 4 is 5.97 Å². The lowest BCUT2D eigenvalue weighted by molar-refractivity contribution is -0.147. The molecule has 0 radical (unpaired) electrons. The average Bonchev–Trinajstić information content (AvgIpc) is 2.21. The van der Waals surface area contributed by atoms with E-state index in [1.54, 1.807) is 0 Å². The summed E-state index contributed by atoms with van der Waals surface area (Å²) in [7, 11) is 1.22. The van der Waals surface area contributed by atoms with Crippen LogP contribution >= 0.6 is 0 Å². The van der Waals surface area contributed by atoms with Crippen LogP contribution in [0.2, 0.25) is 0 Å². The van der Waals surface area contributed by atoms with Crippen molar-refractivity contribution in [2.75, 3.05) is 7.11 Å². The van der Waals surface area contributed by atoms with Gasteiger partial charge in [-0.05, 0) is 12.8 Å². The summed E-state index contributed by atoms with van der Waals surface area (Å²) in [5, 5.41) is 9.05. The number of ether oxygens (including phenoxy) is 1. The molecule has 0 aliphatic heterocycles. The molecule has 0 aromatic carbocycles. The van der Waals surface area contributed by atoms with Crippen molar-refractivity contribution in [3.63, 3.8) is 0 Å². The van der Waals surface area contributed by atoms with E-state index in [0.717, 1.165) is 12.8 Å². The quantitative estimate of drug-likeness (QED) is 0.319. The lowest BCUT2D eigenvalue weighted by atomic mass is 10.2. The summed E-state index contributed by atoms with van der Waals surface area (Å²) >= 11 is 0. The zero-order valence-corrected chi connectivity index (χ0v) is 8.62. The van der Waals surface area contributed by atoms with E-state index in [2.05, 4.69) is 29.6 Å². The molecule has 3 nitrogen and oxygen atoms in total. The summed E-state index contributed by atoms with van der Waals surface area (Å²) < 4.78 is 4.30. The third kappa shape index (κ3) is 6.27. The minimum absolute atomic E-state index is 0.643. The van der Waals surface area contributed by atoms with Crippen LogP contribution in [0.15, 0.2) is 12.2 Å². The first kappa shape index (κ1) is 12.7. The summed E-state index contributed by atoms with van der Waals surface area (Å²) in [5.74, 6) is 4.41. The minimum Gasteiger partial charge on any atom is -0.466 e. The van der Waals surface area contributed by atoms with Gasteiger partial charge in [-0.3, -0.25) is 0 Å². The van der Waals surface area contributed by atoms with Crippen molar-refractivity contribution in [3.05, 3.63) is 12.2 Å². The van der Waals surface area contributed by atoms with Crippen LogP contribution in [0.5, 0.6) is 0 Å². The summed E-state index contributed by atoms with van der Waals surface area (Å²) in [6, 6.07) is 0. The molecule has 0 aromatic heterocycles. The lowest BCUT2D eigenvalue weighted by Crippen LogP contribution is -2.19. The lowest BCUT2D eigenvalue weighted by Gasteiger charge is -1.98. The molecular weight excluding hydrogens is 180 g/mol. The molecule has 0 bridgehead atoms. The number of carbonyl (C=O) groups is 1. The normalized spacial score (nSPS) is 11.9. The molecule has 0 amide bonds. The zero-order chi connectivity index (χ0) is 10.8. The first-order valence-corrected chi connectivity index (χ1v) is 4.61. The van der Waals surface area contributed by atoms with Crippen LogP contribution in [0.25, 0.3) is 0 Å². The number of hydrogen-bond acceptors (Lipinski definition) is 3. The smallest absolute Gasteiger partial charge is 0.347 e. The Morgan fingerprint density at radius 2 is 2.29 bits per heavy atom. The first-order valence-electron chi connectivity index (χ1n) is 4.61. The highest BCUT2D eigenvalue weighted by molar-refractivity contribution is 5.77. The molecule has 0 fully saturated rings. The largest absolute Gasteiger partial charge is 0.466 e. The van der Waals surface area contributed by atoms with Crippen LogP contribution in [0.4, 0.5) is 0 Å². The Hall–Kier alpha value is -1.27. The maximum absolute atomic E-state index is 10.7. The fourth-order valence-electron chi connectivity index (χ4n) is 0.779. The fourth-order valence-corrected chi connectivity index (χ4v) is 0.779. The van der Waals surface area contributed by atoms with E-state index in [-0.39, 0.29) is 0 Å². The van der Waals surface area contributed by atoms with Crippen molar-refractivity contribution in [1.29, 1.82) is 0 Å². The molecular formula is C11H16O3. The number of allylic oxidation sites excluding steroid dienone is 2. The molecule has 0 aromatic rings. The zero-order valence-electron chi connectivity index (χ0n) is 8.62. The van der Waals surface area contributed by atoms with E-state index in [1.165, 1.54) is 7.11 Å². The number of aliphatic hydroxyl groups is 1. The van der Waals surface area contributed by atoms with Crippen LogP contribution in [-0.4, -0.2) is 24.3 Å². The Morgan fingerprint density at radius 1 is 1.57 bits per heavy atom. The molecule has 0 rings (SSSR count). The second kappa shape index (κ2) is 8.33. The molecule has 1 N–H and O–H groups in total. The van der Waals surface area contributed by atoms with Crippen LogP contribution < -0.4 is 0 Å². The van der Waals surface area contributed by atoms with Crippen molar-refractivity contribution in [2.45, 2.75) is 32.3 Å². The highest BCUT2D eigenvalue weighted by Crippen LogP contribution is 1.91. The molecule has 0 aliphatic rings. The number of rotatable bonds is 4. The summed E-state index contributed by atoms with van der Waals surface area (Å²) in [6.07, 6.45) is 5.27. The van der Waals surface area contributed by atoms with Gasteiger partial charge in [-0.25, -0.2) is 4.79 Å². The maximum atomic E-state index is 10.7. The predicted molar refractivity (Wildman–Crippen MR) is 54.5 cm³/mol. The van der Waals surface area contributed by atoms with Gasteiger partial charge in [-0.1, -0.05) is 30.9 Å².